The van der Waals surface area contributed by atoms with Crippen molar-refractivity contribution >= 4 is 0 Å². The highest BCUT2D eigenvalue weighted by atomic mass is 19.2. The molecule has 0 spiro atoms. The average Bonchev–Trinajstić information content (AvgIpc) is 3.21. The molecule has 4 fully saturated rings. The SMILES string of the molecule is CCCc1ccc(C(CCOCCC(c2ccc(CCC)c(F)c2F)(C2CCCCC2)C2CCCCC2)(C2CCCCC2)C2CCCCC2)c(F)c1F. The van der Waals surface area contributed by atoms with Crippen LogP contribution in [0.2, 0.25) is 0 Å². The van der Waals surface area contributed by atoms with Crippen molar-refractivity contribution in [1.82, 2.24) is 0 Å². The molecule has 6 rings (SSSR count). The van der Waals surface area contributed by atoms with Crippen molar-refractivity contribution in [3.63, 3.8) is 0 Å². The monoisotopic (exact) mass is 739 g/mol. The van der Waals surface area contributed by atoms with Gasteiger partial charge in [-0.3, -0.25) is 0 Å². The molecule has 0 bridgehead atoms. The minimum Gasteiger partial charge on any atom is -0.381 e. The summed E-state index contributed by atoms with van der Waals surface area (Å²) in [5.74, 6) is -1.33. The van der Waals surface area contributed by atoms with Gasteiger partial charge in [-0.15, -0.1) is 0 Å². The topological polar surface area (TPSA) is 9.23 Å². The molecule has 5 heteroatoms. The summed E-state index contributed by atoms with van der Waals surface area (Å²) in [7, 11) is 0. The van der Waals surface area contributed by atoms with Crippen molar-refractivity contribution in [3.05, 3.63) is 69.8 Å². The van der Waals surface area contributed by atoms with E-state index in [0.717, 1.165) is 116 Å². The summed E-state index contributed by atoms with van der Waals surface area (Å²) < 4.78 is 71.7. The van der Waals surface area contributed by atoms with Gasteiger partial charge in [-0.25, -0.2) is 17.6 Å². The van der Waals surface area contributed by atoms with Crippen molar-refractivity contribution in [2.24, 2.45) is 23.7 Å². The fourth-order valence-electron chi connectivity index (χ4n) is 12.5. The lowest BCUT2D eigenvalue weighted by molar-refractivity contribution is 0.0172. The summed E-state index contributed by atoms with van der Waals surface area (Å²) in [5.41, 5.74) is 1.23. The lowest BCUT2D eigenvalue weighted by Gasteiger charge is -2.51. The van der Waals surface area contributed by atoms with E-state index in [1.807, 2.05) is 38.1 Å². The van der Waals surface area contributed by atoms with Gasteiger partial charge in [0.05, 0.1) is 0 Å². The Balaban J connectivity index is 1.33. The molecule has 0 amide bonds. The van der Waals surface area contributed by atoms with Crippen LogP contribution < -0.4 is 0 Å². The van der Waals surface area contributed by atoms with Crippen molar-refractivity contribution in [1.29, 1.82) is 0 Å². The van der Waals surface area contributed by atoms with Crippen LogP contribution in [0.5, 0.6) is 0 Å². The Kier molecular flexibility index (Phi) is 14.9. The molecule has 0 heterocycles. The predicted molar refractivity (Wildman–Crippen MR) is 210 cm³/mol. The summed E-state index contributed by atoms with van der Waals surface area (Å²) in [6.07, 6.45) is 26.4. The smallest absolute Gasteiger partial charge is 0.162 e. The van der Waals surface area contributed by atoms with Gasteiger partial charge in [0, 0.05) is 24.0 Å². The Hall–Kier alpha value is -1.88. The third kappa shape index (κ3) is 8.61. The molecule has 1 nitrogen and oxygen atoms in total. The summed E-state index contributed by atoms with van der Waals surface area (Å²) in [5, 5.41) is 0. The van der Waals surface area contributed by atoms with E-state index < -0.39 is 34.1 Å². The van der Waals surface area contributed by atoms with Crippen LogP contribution in [0.25, 0.3) is 0 Å². The number of rotatable bonds is 16. The van der Waals surface area contributed by atoms with Crippen LogP contribution >= 0.6 is 0 Å². The van der Waals surface area contributed by atoms with Crippen molar-refractivity contribution < 1.29 is 22.3 Å². The number of ether oxygens (including phenoxy) is 1. The maximum Gasteiger partial charge on any atom is 0.162 e. The summed E-state index contributed by atoms with van der Waals surface area (Å²) in [6.45, 7) is 4.98. The van der Waals surface area contributed by atoms with E-state index in [-0.39, 0.29) is 0 Å². The van der Waals surface area contributed by atoms with Gasteiger partial charge >= 0.3 is 0 Å². The molecule has 0 aliphatic heterocycles. The van der Waals surface area contributed by atoms with Gasteiger partial charge < -0.3 is 4.74 Å². The first-order chi connectivity index (χ1) is 25.9. The van der Waals surface area contributed by atoms with E-state index in [4.69, 9.17) is 4.74 Å². The lowest BCUT2D eigenvalue weighted by Crippen LogP contribution is -2.47. The second-order valence-corrected chi connectivity index (χ2v) is 17.8. The Morgan fingerprint density at radius 3 is 1.04 bits per heavy atom. The number of aryl methyl sites for hydroxylation is 2. The van der Waals surface area contributed by atoms with Crippen molar-refractivity contribution in [3.8, 4) is 0 Å². The molecular weight excluding hydrogens is 669 g/mol. The first kappa shape index (κ1) is 40.8. The molecule has 4 saturated carbocycles. The van der Waals surface area contributed by atoms with Crippen molar-refractivity contribution in [2.45, 2.75) is 192 Å². The highest BCUT2D eigenvalue weighted by Gasteiger charge is 2.50. The highest BCUT2D eigenvalue weighted by Crippen LogP contribution is 2.55. The summed E-state index contributed by atoms with van der Waals surface area (Å²) in [6, 6.07) is 7.67. The van der Waals surface area contributed by atoms with Gasteiger partial charge in [0.15, 0.2) is 23.3 Å². The van der Waals surface area contributed by atoms with E-state index in [1.165, 1.54) is 25.7 Å². The van der Waals surface area contributed by atoms with Crippen LogP contribution in [0.15, 0.2) is 24.3 Å². The van der Waals surface area contributed by atoms with Gasteiger partial charge in [-0.05, 0) is 123 Å². The third-order valence-electron chi connectivity index (χ3n) is 15.0. The molecule has 0 atom stereocenters. The molecule has 2 aromatic carbocycles. The molecule has 4 aliphatic rings. The summed E-state index contributed by atoms with van der Waals surface area (Å²) in [4.78, 5) is 0. The minimum atomic E-state index is -0.648. The number of halogens is 4. The Bertz CT molecular complexity index is 1280. The fourth-order valence-corrected chi connectivity index (χ4v) is 12.5. The predicted octanol–water partition coefficient (Wildman–Crippen LogP) is 14.4. The van der Waals surface area contributed by atoms with Crippen LogP contribution in [0.3, 0.4) is 0 Å². The Labute approximate surface area is 319 Å². The maximum atomic E-state index is 16.6. The molecule has 4 aliphatic carbocycles. The van der Waals surface area contributed by atoms with E-state index in [0.29, 0.717) is 84.8 Å². The largest absolute Gasteiger partial charge is 0.381 e. The standard InChI is InChI=1S/C48H70F4O/c1-3-17-35-27-29-41(45(51)43(35)49)47(37-19-9-5-10-20-37,38-21-11-6-12-22-38)31-33-53-34-32-48(39-23-13-7-14-24-39,40-25-15-8-16-26-40)42-30-28-36(18-4-2)44(50)46(42)52/h27-30,37-40H,3-26,31-34H2,1-2H3. The van der Waals surface area contributed by atoms with Crippen LogP contribution in [-0.2, 0) is 28.4 Å². The van der Waals surface area contributed by atoms with Gasteiger partial charge in [0.25, 0.3) is 0 Å². The fraction of sp³-hybridized carbons (Fsp3) is 0.750. The zero-order chi connectivity index (χ0) is 37.3. The Morgan fingerprint density at radius 1 is 0.453 bits per heavy atom. The molecule has 0 radical (unpaired) electrons. The number of hydrogen-bond acceptors (Lipinski definition) is 1. The average molecular weight is 739 g/mol. The van der Waals surface area contributed by atoms with E-state index >= 15 is 17.6 Å². The Morgan fingerprint density at radius 2 is 0.755 bits per heavy atom. The van der Waals surface area contributed by atoms with Crippen molar-refractivity contribution in [2.75, 3.05) is 13.2 Å². The molecular formula is C48H70F4O. The molecule has 53 heavy (non-hydrogen) atoms. The second-order valence-electron chi connectivity index (χ2n) is 17.8. The third-order valence-corrected chi connectivity index (χ3v) is 15.0. The van der Waals surface area contributed by atoms with Gasteiger partial charge in [0.1, 0.15) is 0 Å². The zero-order valence-corrected chi connectivity index (χ0v) is 33.3. The normalized spacial score (nSPS) is 20.6. The second kappa shape index (κ2) is 19.3. The van der Waals surface area contributed by atoms with E-state index in [9.17, 15) is 0 Å². The van der Waals surface area contributed by atoms with Gasteiger partial charge in [0.2, 0.25) is 0 Å². The molecule has 0 saturated heterocycles. The quantitative estimate of drug-likeness (QED) is 0.123. The first-order valence-electron chi connectivity index (χ1n) is 22.4. The number of hydrogen-bond donors (Lipinski definition) is 0. The van der Waals surface area contributed by atoms with Crippen LogP contribution in [0.4, 0.5) is 17.6 Å². The highest BCUT2D eigenvalue weighted by molar-refractivity contribution is 5.36. The zero-order valence-electron chi connectivity index (χ0n) is 33.3. The minimum absolute atomic E-state index is 0.302. The summed E-state index contributed by atoms with van der Waals surface area (Å²) >= 11 is 0. The number of benzene rings is 2. The van der Waals surface area contributed by atoms with Gasteiger partial charge in [-0.1, -0.05) is 128 Å². The van der Waals surface area contributed by atoms with E-state index in [2.05, 4.69) is 0 Å². The lowest BCUT2D eigenvalue weighted by atomic mass is 9.54. The maximum absolute atomic E-state index is 16.6. The van der Waals surface area contributed by atoms with Crippen LogP contribution in [0, 0.1) is 46.9 Å². The molecule has 296 valence electrons. The van der Waals surface area contributed by atoms with E-state index in [1.54, 1.807) is 0 Å². The van der Waals surface area contributed by atoms with Crippen LogP contribution in [-0.4, -0.2) is 13.2 Å². The molecule has 0 N–H and O–H groups in total. The molecule has 0 aromatic heterocycles. The van der Waals surface area contributed by atoms with Crippen LogP contribution in [0.1, 0.15) is 190 Å². The molecule has 2 aromatic rings. The molecule has 0 unspecified atom stereocenters. The first-order valence-corrected chi connectivity index (χ1v) is 22.4. The van der Waals surface area contributed by atoms with Gasteiger partial charge in [-0.2, -0.15) is 0 Å².